The number of nitrogens with zero attached hydrogens (tertiary/aromatic N) is 1. The fraction of sp³-hybridized carbons (Fsp3) is 0.588. The van der Waals surface area contributed by atoms with E-state index in [1.165, 1.54) is 5.56 Å². The van der Waals surface area contributed by atoms with Gasteiger partial charge in [0.25, 0.3) is 0 Å². The fourth-order valence-electron chi connectivity index (χ4n) is 2.70. The minimum Gasteiger partial charge on any atom is -0.443 e. The van der Waals surface area contributed by atoms with E-state index in [-0.39, 0.29) is 6.09 Å². The van der Waals surface area contributed by atoms with Crippen LogP contribution in [0.3, 0.4) is 0 Å². The van der Waals surface area contributed by atoms with Gasteiger partial charge in [-0.2, -0.15) is 0 Å². The van der Waals surface area contributed by atoms with Crippen molar-refractivity contribution < 1.29 is 9.53 Å². The number of nitrogens with two attached hydrogens (primary N) is 1. The molecule has 2 rings (SSSR count). The molecule has 22 heavy (non-hydrogen) atoms. The summed E-state index contributed by atoms with van der Waals surface area (Å²) in [5, 5.41) is 3.31. The van der Waals surface area contributed by atoms with E-state index in [2.05, 4.69) is 23.5 Å². The molecule has 1 aromatic rings. The third-order valence-electron chi connectivity index (χ3n) is 3.55. The molecule has 0 aliphatic carbocycles. The number of fused-ring (bicyclic) bond motifs is 1. The first-order valence-electron chi connectivity index (χ1n) is 7.94. The van der Waals surface area contributed by atoms with Crippen LogP contribution >= 0.6 is 0 Å². The van der Waals surface area contributed by atoms with Crippen LogP contribution in [0.4, 0.5) is 10.5 Å². The van der Waals surface area contributed by atoms with Gasteiger partial charge in [0, 0.05) is 26.2 Å². The number of anilines is 1. The van der Waals surface area contributed by atoms with Gasteiger partial charge in [-0.3, -0.25) is 4.90 Å². The maximum Gasteiger partial charge on any atom is 0.414 e. The standard InChI is InChI=1S/C17H27N3O2/c1-17(2,3)22-16(21)20-11-5-8-13-6-4-7-14(15(13)20)12-19-10-9-18/h4,6-7,19H,5,8-12,18H2,1-3H3. The van der Waals surface area contributed by atoms with E-state index in [0.29, 0.717) is 19.6 Å². The molecule has 0 saturated heterocycles. The number of ether oxygens (including phenoxy) is 1. The fourth-order valence-corrected chi connectivity index (χ4v) is 2.70. The molecule has 3 N–H and O–H groups in total. The van der Waals surface area contributed by atoms with Crippen LogP contribution in [-0.4, -0.2) is 31.3 Å². The second-order valence-corrected chi connectivity index (χ2v) is 6.63. The van der Waals surface area contributed by atoms with Crippen molar-refractivity contribution in [1.29, 1.82) is 0 Å². The Kier molecular flexibility index (Phi) is 5.42. The predicted octanol–water partition coefficient (Wildman–Crippen LogP) is 2.42. The Labute approximate surface area is 132 Å². The smallest absolute Gasteiger partial charge is 0.414 e. The van der Waals surface area contributed by atoms with E-state index in [1.807, 2.05) is 20.8 Å². The molecule has 0 fully saturated rings. The number of nitrogens with one attached hydrogen (secondary N) is 1. The van der Waals surface area contributed by atoms with Crippen LogP contribution in [0, 0.1) is 0 Å². The van der Waals surface area contributed by atoms with Crippen molar-refractivity contribution in [3.05, 3.63) is 29.3 Å². The minimum absolute atomic E-state index is 0.264. The summed E-state index contributed by atoms with van der Waals surface area (Å²) in [5.74, 6) is 0. The third kappa shape index (κ3) is 4.21. The first kappa shape index (κ1) is 16.8. The lowest BCUT2D eigenvalue weighted by molar-refractivity contribution is 0.0577. The molecule has 122 valence electrons. The molecule has 0 radical (unpaired) electrons. The minimum atomic E-state index is -0.485. The van der Waals surface area contributed by atoms with Gasteiger partial charge in [-0.25, -0.2) is 4.79 Å². The third-order valence-corrected chi connectivity index (χ3v) is 3.55. The summed E-state index contributed by atoms with van der Waals surface area (Å²) in [6.07, 6.45) is 1.70. The largest absolute Gasteiger partial charge is 0.443 e. The van der Waals surface area contributed by atoms with Gasteiger partial charge in [0.2, 0.25) is 0 Å². The highest BCUT2D eigenvalue weighted by molar-refractivity contribution is 5.90. The first-order chi connectivity index (χ1) is 10.4. The van der Waals surface area contributed by atoms with Gasteiger partial charge in [-0.1, -0.05) is 18.2 Å². The summed E-state index contributed by atoms with van der Waals surface area (Å²) in [6.45, 7) is 8.45. The zero-order valence-corrected chi connectivity index (χ0v) is 13.8. The van der Waals surface area contributed by atoms with E-state index < -0.39 is 5.60 Å². The number of carbonyl (C=O) groups is 1. The van der Waals surface area contributed by atoms with Gasteiger partial charge in [0.15, 0.2) is 0 Å². The van der Waals surface area contributed by atoms with E-state index in [0.717, 1.165) is 30.6 Å². The van der Waals surface area contributed by atoms with E-state index in [4.69, 9.17) is 10.5 Å². The highest BCUT2D eigenvalue weighted by Crippen LogP contribution is 2.32. The van der Waals surface area contributed by atoms with Crippen LogP contribution in [0.1, 0.15) is 38.3 Å². The number of hydrogen-bond acceptors (Lipinski definition) is 4. The zero-order chi connectivity index (χ0) is 16.2. The summed E-state index contributed by atoms with van der Waals surface area (Å²) in [4.78, 5) is 14.3. The Balaban J connectivity index is 2.25. The van der Waals surface area contributed by atoms with Gasteiger partial charge >= 0.3 is 6.09 Å². The number of amides is 1. The highest BCUT2D eigenvalue weighted by atomic mass is 16.6. The lowest BCUT2D eigenvalue weighted by Crippen LogP contribution is -2.40. The quantitative estimate of drug-likeness (QED) is 0.838. The Morgan fingerprint density at radius 2 is 2.18 bits per heavy atom. The van der Waals surface area contributed by atoms with Crippen LogP contribution in [0.2, 0.25) is 0 Å². The molecular formula is C17H27N3O2. The summed E-state index contributed by atoms with van der Waals surface area (Å²) < 4.78 is 5.56. The average Bonchev–Trinajstić information content (AvgIpc) is 2.45. The van der Waals surface area contributed by atoms with Crippen molar-refractivity contribution >= 4 is 11.8 Å². The topological polar surface area (TPSA) is 67.6 Å². The van der Waals surface area contributed by atoms with Crippen molar-refractivity contribution in [2.45, 2.75) is 45.8 Å². The zero-order valence-electron chi connectivity index (χ0n) is 13.8. The van der Waals surface area contributed by atoms with E-state index in [1.54, 1.807) is 4.90 Å². The molecule has 0 spiro atoms. The summed E-state index contributed by atoms with van der Waals surface area (Å²) in [6, 6.07) is 6.21. The second kappa shape index (κ2) is 7.11. The van der Waals surface area contributed by atoms with Gasteiger partial charge < -0.3 is 15.8 Å². The van der Waals surface area contributed by atoms with Gasteiger partial charge in [-0.05, 0) is 44.7 Å². The molecule has 1 heterocycles. The SMILES string of the molecule is CC(C)(C)OC(=O)N1CCCc2cccc(CNCCN)c21. The number of carbonyl (C=O) groups excluding carboxylic acids is 1. The molecule has 0 saturated carbocycles. The molecule has 0 aromatic heterocycles. The molecule has 5 heteroatoms. The first-order valence-corrected chi connectivity index (χ1v) is 7.94. The Bertz CT molecular complexity index is 523. The van der Waals surface area contributed by atoms with Crippen LogP contribution in [0.5, 0.6) is 0 Å². The van der Waals surface area contributed by atoms with Gasteiger partial charge in [0.1, 0.15) is 5.60 Å². The molecule has 5 nitrogen and oxygen atoms in total. The van der Waals surface area contributed by atoms with Gasteiger partial charge in [-0.15, -0.1) is 0 Å². The maximum atomic E-state index is 12.5. The van der Waals surface area contributed by atoms with Crippen molar-refractivity contribution in [2.24, 2.45) is 5.73 Å². The summed E-state index contributed by atoms with van der Waals surface area (Å²) in [5.41, 5.74) is 8.38. The number of benzene rings is 1. The van der Waals surface area contributed by atoms with Crippen molar-refractivity contribution in [3.63, 3.8) is 0 Å². The normalized spacial score (nSPS) is 14.6. The number of rotatable bonds is 4. The molecule has 0 atom stereocenters. The number of hydrogen-bond donors (Lipinski definition) is 2. The molecule has 1 aliphatic rings. The van der Waals surface area contributed by atoms with E-state index in [9.17, 15) is 4.79 Å². The molecule has 1 amide bonds. The second-order valence-electron chi connectivity index (χ2n) is 6.63. The summed E-state index contributed by atoms with van der Waals surface area (Å²) in [7, 11) is 0. The highest BCUT2D eigenvalue weighted by Gasteiger charge is 2.28. The predicted molar refractivity (Wildman–Crippen MR) is 89.1 cm³/mol. The van der Waals surface area contributed by atoms with E-state index >= 15 is 0 Å². The Morgan fingerprint density at radius 1 is 1.41 bits per heavy atom. The van der Waals surface area contributed by atoms with Gasteiger partial charge in [0.05, 0.1) is 5.69 Å². The van der Waals surface area contributed by atoms with Crippen LogP contribution < -0.4 is 16.0 Å². The Hall–Kier alpha value is -1.59. The average molecular weight is 305 g/mol. The molecule has 0 unspecified atom stereocenters. The molecular weight excluding hydrogens is 278 g/mol. The summed E-state index contributed by atoms with van der Waals surface area (Å²) >= 11 is 0. The monoisotopic (exact) mass is 305 g/mol. The maximum absolute atomic E-state index is 12.5. The lowest BCUT2D eigenvalue weighted by atomic mass is 9.98. The number of aryl methyl sites for hydroxylation is 1. The van der Waals surface area contributed by atoms with Crippen molar-refractivity contribution in [2.75, 3.05) is 24.5 Å². The van der Waals surface area contributed by atoms with Crippen molar-refractivity contribution in [3.8, 4) is 0 Å². The van der Waals surface area contributed by atoms with Crippen molar-refractivity contribution in [1.82, 2.24) is 5.32 Å². The molecule has 1 aromatic carbocycles. The van der Waals surface area contributed by atoms with Crippen LogP contribution in [0.15, 0.2) is 18.2 Å². The lowest BCUT2D eigenvalue weighted by Gasteiger charge is -2.33. The molecule has 1 aliphatic heterocycles. The Morgan fingerprint density at radius 3 is 2.86 bits per heavy atom. The van der Waals surface area contributed by atoms with Crippen LogP contribution in [0.25, 0.3) is 0 Å². The number of para-hydroxylation sites is 1. The molecule has 0 bridgehead atoms. The van der Waals surface area contributed by atoms with Crippen LogP contribution in [-0.2, 0) is 17.7 Å².